The van der Waals surface area contributed by atoms with Crippen LogP contribution in [0.5, 0.6) is 0 Å². The van der Waals surface area contributed by atoms with Crippen LogP contribution in [0.2, 0.25) is 0 Å². The highest BCUT2D eigenvalue weighted by molar-refractivity contribution is 7.89. The quantitative estimate of drug-likeness (QED) is 0.774. The van der Waals surface area contributed by atoms with Crippen molar-refractivity contribution >= 4 is 10.0 Å². The fourth-order valence-corrected chi connectivity index (χ4v) is 8.19. The van der Waals surface area contributed by atoms with E-state index in [-0.39, 0.29) is 22.3 Å². The third-order valence-corrected chi connectivity index (χ3v) is 10.4. The molecule has 0 aromatic carbocycles. The van der Waals surface area contributed by atoms with Crippen LogP contribution in [-0.2, 0) is 10.0 Å². The van der Waals surface area contributed by atoms with Crippen LogP contribution in [0.4, 0.5) is 0 Å². The Morgan fingerprint density at radius 2 is 1.91 bits per heavy atom. The van der Waals surface area contributed by atoms with Gasteiger partial charge < -0.3 is 9.67 Å². The monoisotopic (exact) mass is 452 g/mol. The van der Waals surface area contributed by atoms with Gasteiger partial charge in [-0.25, -0.2) is 13.4 Å². The van der Waals surface area contributed by atoms with Crippen LogP contribution in [0.1, 0.15) is 42.5 Å². The van der Waals surface area contributed by atoms with Gasteiger partial charge in [-0.05, 0) is 43.2 Å². The molecule has 4 heterocycles. The van der Waals surface area contributed by atoms with Gasteiger partial charge in [0.1, 0.15) is 4.90 Å². The lowest BCUT2D eigenvalue weighted by atomic mass is 9.52. The summed E-state index contributed by atoms with van der Waals surface area (Å²) < 4.78 is 30.1. The summed E-state index contributed by atoms with van der Waals surface area (Å²) in [5, 5.41) is 11.4. The Balaban J connectivity index is 1.19. The van der Waals surface area contributed by atoms with E-state index in [1.807, 2.05) is 12.5 Å². The van der Waals surface area contributed by atoms with Gasteiger partial charge in [0.15, 0.2) is 0 Å². The van der Waals surface area contributed by atoms with Crippen molar-refractivity contribution < 1.29 is 13.5 Å². The van der Waals surface area contributed by atoms with Crippen molar-refractivity contribution in [2.24, 2.45) is 17.3 Å². The van der Waals surface area contributed by atoms with E-state index in [0.717, 1.165) is 6.42 Å². The summed E-state index contributed by atoms with van der Waals surface area (Å²) in [6.07, 6.45) is 17.5. The zero-order valence-electron chi connectivity index (χ0n) is 18.1. The van der Waals surface area contributed by atoms with Gasteiger partial charge in [0.2, 0.25) is 10.0 Å². The van der Waals surface area contributed by atoms with Crippen molar-refractivity contribution in [3.05, 3.63) is 66.5 Å². The molecule has 32 heavy (non-hydrogen) atoms. The largest absolute Gasteiger partial charge is 0.392 e. The van der Waals surface area contributed by atoms with Crippen LogP contribution in [0.25, 0.3) is 0 Å². The highest BCUT2D eigenvalue weighted by atomic mass is 32.2. The normalized spacial score (nSPS) is 33.1. The van der Waals surface area contributed by atoms with Crippen LogP contribution in [0.15, 0.2) is 60.2 Å². The second-order valence-corrected chi connectivity index (χ2v) is 11.7. The molecule has 2 aromatic heterocycles. The Labute approximate surface area is 188 Å². The van der Waals surface area contributed by atoms with E-state index < -0.39 is 16.1 Å². The van der Waals surface area contributed by atoms with Gasteiger partial charge in [0, 0.05) is 61.2 Å². The second-order valence-electron chi connectivity index (χ2n) is 9.81. The van der Waals surface area contributed by atoms with E-state index in [4.69, 9.17) is 0 Å². The van der Waals surface area contributed by atoms with E-state index in [9.17, 15) is 13.5 Å². The van der Waals surface area contributed by atoms with Gasteiger partial charge in [-0.2, -0.15) is 4.31 Å². The first kappa shape index (κ1) is 20.3. The number of imidazole rings is 1. The Morgan fingerprint density at radius 3 is 2.66 bits per heavy atom. The molecule has 1 saturated carbocycles. The van der Waals surface area contributed by atoms with Crippen molar-refractivity contribution in [1.82, 2.24) is 18.8 Å². The highest BCUT2D eigenvalue weighted by Gasteiger charge is 2.60. The minimum Gasteiger partial charge on any atom is -0.392 e. The van der Waals surface area contributed by atoms with Gasteiger partial charge in [0.05, 0.1) is 12.4 Å². The molecule has 2 fully saturated rings. The molecular weight excluding hydrogens is 424 g/mol. The predicted octanol–water partition coefficient (Wildman–Crippen LogP) is 2.82. The molecule has 2 aliphatic heterocycles. The van der Waals surface area contributed by atoms with Gasteiger partial charge >= 0.3 is 0 Å². The Hall–Kier alpha value is -2.29. The molecule has 7 nitrogen and oxygen atoms in total. The van der Waals surface area contributed by atoms with Gasteiger partial charge in [-0.1, -0.05) is 24.3 Å². The van der Waals surface area contributed by atoms with Gasteiger partial charge in [-0.15, -0.1) is 0 Å². The maximum Gasteiger partial charge on any atom is 0.244 e. The Morgan fingerprint density at radius 1 is 1.12 bits per heavy atom. The average Bonchev–Trinajstić information content (AvgIpc) is 3.39. The molecule has 0 amide bonds. The summed E-state index contributed by atoms with van der Waals surface area (Å²) in [4.78, 5) is 8.67. The Bertz CT molecular complexity index is 1210. The van der Waals surface area contributed by atoms with Gasteiger partial charge in [0.25, 0.3) is 0 Å². The summed E-state index contributed by atoms with van der Waals surface area (Å²) in [6, 6.07) is 1.94. The average molecular weight is 453 g/mol. The molecule has 0 bridgehead atoms. The van der Waals surface area contributed by atoms with Crippen LogP contribution in [0, 0.1) is 24.2 Å². The lowest BCUT2D eigenvalue weighted by molar-refractivity contribution is -0.160. The smallest absolute Gasteiger partial charge is 0.244 e. The second kappa shape index (κ2) is 7.10. The number of aryl methyl sites for hydroxylation is 1. The fourth-order valence-electron chi connectivity index (χ4n) is 6.58. The molecule has 6 rings (SSSR count). The molecule has 1 spiro atoms. The van der Waals surface area contributed by atoms with E-state index in [1.54, 1.807) is 23.5 Å². The summed E-state index contributed by atoms with van der Waals surface area (Å²) in [5.41, 5.74) is 1.75. The standard InChI is InChI=1S/C24H28N4O3S/c1-16-6-9-25-14-21(16)32(30,31)27-10-7-24(8-11-27)12-19(23(24)29)22-18-5-3-2-4-17(18)20-13-26-15-28(20)22/h2-6,9,13-15,17-19,22-23,29H,7-8,10-12H2,1H3. The molecule has 168 valence electrons. The number of fused-ring (bicyclic) bond motifs is 3. The third kappa shape index (κ3) is 2.75. The SMILES string of the molecule is Cc1ccncc1S(=O)(=O)N1CCC2(CC1)CC(C1C3C=CC=CC3c3cncn31)C2O. The summed E-state index contributed by atoms with van der Waals surface area (Å²) in [7, 11) is -3.56. The molecule has 2 aromatic rings. The zero-order valence-corrected chi connectivity index (χ0v) is 18.9. The minimum absolute atomic E-state index is 0.165. The lowest BCUT2D eigenvalue weighted by Crippen LogP contribution is -2.60. The first-order valence-corrected chi connectivity index (χ1v) is 12.8. The maximum absolute atomic E-state index is 13.1. The number of aliphatic hydroxyl groups is 1. The number of hydrogen-bond donors (Lipinski definition) is 1. The van der Waals surface area contributed by atoms with Crippen LogP contribution in [0.3, 0.4) is 0 Å². The number of allylic oxidation sites excluding steroid dienone is 4. The number of nitrogens with zero attached hydrogens (tertiary/aromatic N) is 4. The fraction of sp³-hybridized carbons (Fsp3) is 0.500. The number of piperidine rings is 1. The van der Waals surface area contributed by atoms with E-state index in [2.05, 4.69) is 38.8 Å². The number of aliphatic hydroxyl groups excluding tert-OH is 1. The first-order valence-electron chi connectivity index (χ1n) is 11.4. The van der Waals surface area contributed by atoms with Crippen molar-refractivity contribution in [2.75, 3.05) is 13.1 Å². The summed E-state index contributed by atoms with van der Waals surface area (Å²) in [6.45, 7) is 2.68. The molecule has 5 unspecified atom stereocenters. The summed E-state index contributed by atoms with van der Waals surface area (Å²) >= 11 is 0. The van der Waals surface area contributed by atoms with Crippen molar-refractivity contribution in [3.63, 3.8) is 0 Å². The van der Waals surface area contributed by atoms with Crippen LogP contribution < -0.4 is 0 Å². The van der Waals surface area contributed by atoms with E-state index >= 15 is 0 Å². The number of rotatable bonds is 3. The molecule has 1 saturated heterocycles. The van der Waals surface area contributed by atoms with Crippen LogP contribution in [-0.4, -0.2) is 51.6 Å². The molecule has 8 heteroatoms. The maximum atomic E-state index is 13.1. The van der Waals surface area contributed by atoms with Crippen LogP contribution >= 0.6 is 0 Å². The highest BCUT2D eigenvalue weighted by Crippen LogP contribution is 2.61. The third-order valence-electron chi connectivity index (χ3n) is 8.37. The lowest BCUT2D eigenvalue weighted by Gasteiger charge is -2.58. The van der Waals surface area contributed by atoms with E-state index in [0.29, 0.717) is 43.3 Å². The number of sulfonamides is 1. The molecule has 2 aliphatic carbocycles. The van der Waals surface area contributed by atoms with E-state index in [1.165, 1.54) is 11.9 Å². The molecular formula is C24H28N4O3S. The Kier molecular flexibility index (Phi) is 4.51. The van der Waals surface area contributed by atoms with Gasteiger partial charge in [-0.3, -0.25) is 4.98 Å². The molecule has 4 aliphatic rings. The predicted molar refractivity (Wildman–Crippen MR) is 119 cm³/mol. The summed E-state index contributed by atoms with van der Waals surface area (Å²) in [5.74, 6) is 0.841. The zero-order chi connectivity index (χ0) is 22.1. The minimum atomic E-state index is -3.56. The number of pyridine rings is 1. The van der Waals surface area contributed by atoms with Crippen molar-refractivity contribution in [1.29, 1.82) is 0 Å². The molecule has 0 radical (unpaired) electrons. The molecule has 1 N–H and O–H groups in total. The van der Waals surface area contributed by atoms with Crippen molar-refractivity contribution in [2.45, 2.75) is 49.1 Å². The number of aromatic nitrogens is 3. The molecule has 5 atom stereocenters. The first-order chi connectivity index (χ1) is 15.4. The number of hydrogen-bond acceptors (Lipinski definition) is 5. The van der Waals surface area contributed by atoms with Crippen molar-refractivity contribution in [3.8, 4) is 0 Å². The topological polar surface area (TPSA) is 88.3 Å².